The average Bonchev–Trinajstić information content (AvgIpc) is 3.10. The van der Waals surface area contributed by atoms with Crippen LogP contribution in [0.5, 0.6) is 5.75 Å². The number of fused-ring (bicyclic) bond motifs is 1. The van der Waals surface area contributed by atoms with E-state index in [1.54, 1.807) is 12.1 Å². The Balaban J connectivity index is 0.000000980. The highest BCUT2D eigenvalue weighted by Gasteiger charge is 2.39. The number of amides is 4. The summed E-state index contributed by atoms with van der Waals surface area (Å²) < 4.78 is 31.7. The minimum Gasteiger partial charge on any atom is -0.508 e. The number of phenols is 1. The Kier molecular flexibility index (Phi) is 15.4. The van der Waals surface area contributed by atoms with E-state index in [-0.39, 0.29) is 36.4 Å². The van der Waals surface area contributed by atoms with Crippen molar-refractivity contribution >= 4 is 29.6 Å². The standard InChI is InChI=1S/C36H45N5O5.C2HF3O2/c1-23-17-29(43)18-24(2)30(23)20-31(37)36(46)41-22-28-14-8-7-13-27(28)19-33(41)35(45)40-32(15-9-10-16-38-25(3)42)34(44)39-21-26-11-5-4-6-12-26;3-2(4,5)1(6)7/h4-8,11-14,17-18,31-33,43H,9-10,15-16,19-22,37H2,1-3H3,(H,38,42)(H,39,44)(H,40,45);(H,6,7)/t31?,32-,33?;/m0./s1. The van der Waals surface area contributed by atoms with Gasteiger partial charge in [-0.3, -0.25) is 19.2 Å². The van der Waals surface area contributed by atoms with Crippen LogP contribution in [0.4, 0.5) is 13.2 Å². The SMILES string of the molecule is CC(=O)NCCCC[C@H](NC(=O)C1Cc2ccccc2CN1C(=O)C(N)Cc1c(C)cc(O)cc1C)C(=O)NCc1ccccc1.O=C(O)C(F)(F)F. The molecule has 0 saturated carbocycles. The number of unbranched alkanes of at least 4 members (excludes halogenated alkanes) is 1. The maximum Gasteiger partial charge on any atom is 0.490 e. The highest BCUT2D eigenvalue weighted by molar-refractivity contribution is 5.93. The number of hydrogen-bond donors (Lipinski definition) is 6. The Labute approximate surface area is 305 Å². The normalized spacial score (nSPS) is 14.8. The minimum atomic E-state index is -5.08. The van der Waals surface area contributed by atoms with Gasteiger partial charge in [0.2, 0.25) is 23.6 Å². The van der Waals surface area contributed by atoms with E-state index in [4.69, 9.17) is 15.6 Å². The van der Waals surface area contributed by atoms with Crippen LogP contribution in [0.2, 0.25) is 0 Å². The molecule has 0 aliphatic carbocycles. The summed E-state index contributed by atoms with van der Waals surface area (Å²) in [4.78, 5) is 63.1. The third kappa shape index (κ3) is 12.9. The van der Waals surface area contributed by atoms with E-state index < -0.39 is 36.2 Å². The third-order valence-corrected chi connectivity index (χ3v) is 8.73. The van der Waals surface area contributed by atoms with E-state index >= 15 is 0 Å². The molecular formula is C38H46F3N5O7. The summed E-state index contributed by atoms with van der Waals surface area (Å²) in [6.45, 7) is 6.19. The highest BCUT2D eigenvalue weighted by Crippen LogP contribution is 2.26. The fourth-order valence-corrected chi connectivity index (χ4v) is 5.98. The van der Waals surface area contributed by atoms with Crippen LogP contribution in [0, 0.1) is 13.8 Å². The Hall–Kier alpha value is -5.44. The van der Waals surface area contributed by atoms with Crippen molar-refractivity contribution in [2.75, 3.05) is 6.54 Å². The largest absolute Gasteiger partial charge is 0.508 e. The first-order valence-electron chi connectivity index (χ1n) is 17.1. The number of rotatable bonds is 13. The summed E-state index contributed by atoms with van der Waals surface area (Å²) in [5.74, 6) is -3.83. The van der Waals surface area contributed by atoms with Gasteiger partial charge in [0.15, 0.2) is 0 Å². The molecule has 4 amide bonds. The van der Waals surface area contributed by atoms with Crippen molar-refractivity contribution in [1.82, 2.24) is 20.9 Å². The van der Waals surface area contributed by atoms with Crippen molar-refractivity contribution in [2.24, 2.45) is 5.73 Å². The van der Waals surface area contributed by atoms with Crippen LogP contribution in [0.15, 0.2) is 66.7 Å². The first-order chi connectivity index (χ1) is 25.0. The number of halogens is 3. The molecular weight excluding hydrogens is 695 g/mol. The van der Waals surface area contributed by atoms with Gasteiger partial charge in [-0.15, -0.1) is 0 Å². The first-order valence-corrected chi connectivity index (χ1v) is 17.1. The van der Waals surface area contributed by atoms with Gasteiger partial charge in [-0.2, -0.15) is 13.2 Å². The van der Waals surface area contributed by atoms with E-state index in [0.717, 1.165) is 33.4 Å². The summed E-state index contributed by atoms with van der Waals surface area (Å²) in [7, 11) is 0. The lowest BCUT2D eigenvalue weighted by Crippen LogP contribution is -2.59. The molecule has 1 aliphatic heterocycles. The van der Waals surface area contributed by atoms with E-state index in [0.29, 0.717) is 38.8 Å². The molecule has 0 radical (unpaired) electrons. The molecule has 0 saturated heterocycles. The number of benzene rings is 3. The van der Waals surface area contributed by atoms with Crippen molar-refractivity contribution in [3.8, 4) is 5.75 Å². The number of nitrogens with one attached hydrogen (secondary N) is 3. The summed E-state index contributed by atoms with van der Waals surface area (Å²) in [6.07, 6.45) is -2.94. The third-order valence-electron chi connectivity index (χ3n) is 8.73. The Bertz CT molecular complexity index is 1730. The second-order valence-corrected chi connectivity index (χ2v) is 12.9. The molecule has 53 heavy (non-hydrogen) atoms. The number of carboxylic acids is 1. The van der Waals surface area contributed by atoms with Crippen molar-refractivity contribution in [3.63, 3.8) is 0 Å². The summed E-state index contributed by atoms with van der Waals surface area (Å²) >= 11 is 0. The van der Waals surface area contributed by atoms with Crippen LogP contribution in [-0.2, 0) is 49.9 Å². The molecule has 7 N–H and O–H groups in total. The lowest BCUT2D eigenvalue weighted by Gasteiger charge is -2.38. The summed E-state index contributed by atoms with van der Waals surface area (Å²) in [5, 5.41) is 25.7. The topological polar surface area (TPSA) is 191 Å². The monoisotopic (exact) mass is 741 g/mol. The number of aryl methyl sites for hydroxylation is 2. The van der Waals surface area contributed by atoms with Gasteiger partial charge in [-0.05, 0) is 85.0 Å². The van der Waals surface area contributed by atoms with Crippen LogP contribution in [0.3, 0.4) is 0 Å². The van der Waals surface area contributed by atoms with Crippen molar-refractivity contribution < 1.29 is 47.4 Å². The number of phenolic OH excluding ortho intramolecular Hbond substituents is 1. The number of aliphatic carboxylic acids is 1. The second-order valence-electron chi connectivity index (χ2n) is 12.9. The van der Waals surface area contributed by atoms with Gasteiger partial charge in [-0.25, -0.2) is 4.79 Å². The van der Waals surface area contributed by atoms with E-state index in [1.165, 1.54) is 11.8 Å². The predicted octanol–water partition coefficient (Wildman–Crippen LogP) is 3.57. The molecule has 3 atom stereocenters. The average molecular weight is 742 g/mol. The van der Waals surface area contributed by atoms with Gasteiger partial charge < -0.3 is 36.8 Å². The van der Waals surface area contributed by atoms with E-state index in [2.05, 4.69) is 16.0 Å². The molecule has 15 heteroatoms. The first kappa shape index (κ1) is 42.0. The van der Waals surface area contributed by atoms with Gasteiger partial charge in [0.05, 0.1) is 6.04 Å². The molecule has 1 aliphatic rings. The fourth-order valence-electron chi connectivity index (χ4n) is 5.98. The van der Waals surface area contributed by atoms with Crippen molar-refractivity contribution in [1.29, 1.82) is 0 Å². The molecule has 286 valence electrons. The number of aromatic hydroxyl groups is 1. The fraction of sp³-hybridized carbons (Fsp3) is 0.395. The second kappa shape index (κ2) is 19.4. The molecule has 0 aromatic heterocycles. The van der Waals surface area contributed by atoms with Crippen LogP contribution >= 0.6 is 0 Å². The number of carboxylic acid groups (broad SMARTS) is 1. The van der Waals surface area contributed by atoms with Gasteiger partial charge in [0.25, 0.3) is 0 Å². The zero-order chi connectivity index (χ0) is 39.3. The van der Waals surface area contributed by atoms with E-state index in [9.17, 15) is 37.5 Å². The molecule has 1 heterocycles. The molecule has 0 bridgehead atoms. The van der Waals surface area contributed by atoms with Gasteiger partial charge in [0, 0.05) is 33.0 Å². The number of carbonyl (C=O) groups is 5. The molecule has 3 aromatic rings. The number of carbonyl (C=O) groups excluding carboxylic acids is 4. The summed E-state index contributed by atoms with van der Waals surface area (Å²) in [5.41, 5.74) is 11.9. The maximum atomic E-state index is 14.0. The van der Waals surface area contributed by atoms with Gasteiger partial charge in [0.1, 0.15) is 17.8 Å². The zero-order valence-corrected chi connectivity index (χ0v) is 29.8. The Morgan fingerprint density at radius 1 is 0.925 bits per heavy atom. The van der Waals surface area contributed by atoms with Crippen LogP contribution in [0.25, 0.3) is 0 Å². The Morgan fingerprint density at radius 3 is 2.09 bits per heavy atom. The maximum absolute atomic E-state index is 14.0. The lowest BCUT2D eigenvalue weighted by atomic mass is 9.91. The van der Waals surface area contributed by atoms with Crippen LogP contribution in [-0.4, -0.2) is 75.6 Å². The molecule has 4 rings (SSSR count). The molecule has 2 unspecified atom stereocenters. The number of hydrogen-bond acceptors (Lipinski definition) is 7. The van der Waals surface area contributed by atoms with E-state index in [1.807, 2.05) is 68.4 Å². The number of nitrogens with two attached hydrogens (primary N) is 1. The number of nitrogens with zero attached hydrogens (tertiary/aromatic N) is 1. The Morgan fingerprint density at radius 2 is 1.51 bits per heavy atom. The van der Waals surface area contributed by atoms with Crippen molar-refractivity contribution in [2.45, 2.75) is 90.3 Å². The summed E-state index contributed by atoms with van der Waals surface area (Å²) in [6, 6.07) is 17.9. The lowest BCUT2D eigenvalue weighted by molar-refractivity contribution is -0.192. The highest BCUT2D eigenvalue weighted by atomic mass is 19.4. The zero-order valence-electron chi connectivity index (χ0n) is 29.8. The molecule has 0 spiro atoms. The number of alkyl halides is 3. The quantitative estimate of drug-likeness (QED) is 0.143. The molecule has 0 fully saturated rings. The van der Waals surface area contributed by atoms with Crippen LogP contribution in [0.1, 0.15) is 59.6 Å². The van der Waals surface area contributed by atoms with Gasteiger partial charge >= 0.3 is 12.1 Å². The molecule has 3 aromatic carbocycles. The van der Waals surface area contributed by atoms with Gasteiger partial charge in [-0.1, -0.05) is 54.6 Å². The van der Waals surface area contributed by atoms with Crippen LogP contribution < -0.4 is 21.7 Å². The minimum absolute atomic E-state index is 0.123. The predicted molar refractivity (Wildman–Crippen MR) is 190 cm³/mol. The smallest absolute Gasteiger partial charge is 0.490 e. The molecule has 12 nitrogen and oxygen atoms in total. The van der Waals surface area contributed by atoms with Crippen molar-refractivity contribution in [3.05, 3.63) is 100 Å².